The minimum atomic E-state index is -4.87. The van der Waals surface area contributed by atoms with Crippen LogP contribution in [0.15, 0.2) is 23.4 Å². The summed E-state index contributed by atoms with van der Waals surface area (Å²) in [5.74, 6) is -4.52. The average molecular weight is 536 g/mol. The van der Waals surface area contributed by atoms with Crippen LogP contribution in [0.3, 0.4) is 0 Å². The zero-order valence-corrected chi connectivity index (χ0v) is 19.7. The minimum Gasteiger partial charge on any atom is -0.467 e. The predicted octanol–water partition coefficient (Wildman–Crippen LogP) is 3.28. The van der Waals surface area contributed by atoms with Gasteiger partial charge in [0.2, 0.25) is 12.3 Å². The van der Waals surface area contributed by atoms with Gasteiger partial charge in [-0.05, 0) is 31.5 Å². The summed E-state index contributed by atoms with van der Waals surface area (Å²) in [5, 5.41) is 16.1. The van der Waals surface area contributed by atoms with Gasteiger partial charge in [-0.25, -0.2) is 18.2 Å². The third kappa shape index (κ3) is 7.52. The lowest BCUT2D eigenvalue weighted by Crippen LogP contribution is -2.34. The molecule has 0 fully saturated rings. The van der Waals surface area contributed by atoms with Crippen molar-refractivity contribution in [2.24, 2.45) is 5.10 Å². The molecule has 0 spiro atoms. The molecule has 16 heteroatoms. The number of aromatic nitrogens is 2. The summed E-state index contributed by atoms with van der Waals surface area (Å²) >= 11 is 0. The first-order valence-electron chi connectivity index (χ1n) is 10.4. The first kappa shape index (κ1) is 29.3. The number of amidine groups is 1. The van der Waals surface area contributed by atoms with Crippen molar-refractivity contribution in [2.75, 3.05) is 37.1 Å². The number of alkyl halides is 5. The molecule has 0 radical (unpaired) electrons. The molecule has 0 atom stereocenters. The number of carbonyl (C=O) groups excluding carboxylic acids is 2. The van der Waals surface area contributed by atoms with Crippen LogP contribution in [-0.2, 0) is 4.79 Å². The first-order chi connectivity index (χ1) is 17.3. The van der Waals surface area contributed by atoms with Crippen LogP contribution in [0.5, 0.6) is 5.88 Å². The second-order valence-electron chi connectivity index (χ2n) is 7.28. The molecule has 2 aromatic heterocycles. The molecular weight excluding hydrogens is 514 g/mol. The lowest BCUT2D eigenvalue weighted by atomic mass is 10.1. The number of hydrazone groups is 1. The van der Waals surface area contributed by atoms with E-state index in [1.165, 1.54) is 13.0 Å². The normalized spacial score (nSPS) is 11.9. The number of halogens is 6. The van der Waals surface area contributed by atoms with Crippen LogP contribution in [0.4, 0.5) is 37.8 Å². The summed E-state index contributed by atoms with van der Waals surface area (Å²) in [5.41, 5.74) is -1.91. The standard InChI is InChI=1S/C21H22F6N6O4/c1-4-33(10-35)14(8-34)31-32(3)18-13(22)7-12(20(30-18)37-9-21(25,26)27)19(36)29-15-11(2)5-6-28-16(15)17(23)24/h5-7,10,17,34H,4,8-9H2,1-3H3,(H,29,36)/b31-14-. The van der Waals surface area contributed by atoms with E-state index in [9.17, 15) is 41.0 Å². The first-order valence-corrected chi connectivity index (χ1v) is 10.4. The van der Waals surface area contributed by atoms with Crippen molar-refractivity contribution in [1.29, 1.82) is 0 Å². The van der Waals surface area contributed by atoms with Crippen molar-refractivity contribution in [3.05, 3.63) is 41.0 Å². The Kier molecular flexibility index (Phi) is 9.76. The van der Waals surface area contributed by atoms with Crippen LogP contribution in [0.1, 0.15) is 35.0 Å². The lowest BCUT2D eigenvalue weighted by Gasteiger charge is -2.21. The molecular formula is C21H22F6N6O4. The number of hydrogen-bond acceptors (Lipinski definition) is 8. The third-order valence-corrected chi connectivity index (χ3v) is 4.69. The molecule has 0 bridgehead atoms. The number of pyridine rings is 2. The van der Waals surface area contributed by atoms with E-state index >= 15 is 0 Å². The number of likely N-dealkylation sites (N-methyl/N-ethyl adjacent to an activating group) is 1. The van der Waals surface area contributed by atoms with Gasteiger partial charge in [0.05, 0.1) is 5.69 Å². The summed E-state index contributed by atoms with van der Waals surface area (Å²) in [6.45, 7) is 0.339. The fourth-order valence-electron chi connectivity index (χ4n) is 2.92. The summed E-state index contributed by atoms with van der Waals surface area (Å²) in [6.07, 6.45) is -6.56. The summed E-state index contributed by atoms with van der Waals surface area (Å²) in [6, 6.07) is 1.79. The molecule has 0 saturated heterocycles. The van der Waals surface area contributed by atoms with Gasteiger partial charge in [-0.1, -0.05) is 0 Å². The zero-order chi connectivity index (χ0) is 27.9. The van der Waals surface area contributed by atoms with Crippen molar-refractivity contribution >= 4 is 29.7 Å². The minimum absolute atomic E-state index is 0.0834. The van der Waals surface area contributed by atoms with Gasteiger partial charge in [0, 0.05) is 19.8 Å². The highest BCUT2D eigenvalue weighted by Gasteiger charge is 2.31. The molecule has 2 N–H and O–H groups in total. The molecule has 2 rings (SSSR count). The van der Waals surface area contributed by atoms with E-state index in [4.69, 9.17) is 0 Å². The van der Waals surface area contributed by atoms with Gasteiger partial charge >= 0.3 is 6.18 Å². The number of amides is 2. The Balaban J connectivity index is 2.56. The van der Waals surface area contributed by atoms with Crippen molar-refractivity contribution in [3.8, 4) is 5.88 Å². The fourth-order valence-corrected chi connectivity index (χ4v) is 2.92. The van der Waals surface area contributed by atoms with Crippen molar-refractivity contribution in [1.82, 2.24) is 14.9 Å². The van der Waals surface area contributed by atoms with Gasteiger partial charge in [-0.15, -0.1) is 0 Å². The number of carbonyl (C=O) groups is 2. The van der Waals surface area contributed by atoms with Crippen molar-refractivity contribution < 1.29 is 45.8 Å². The third-order valence-electron chi connectivity index (χ3n) is 4.69. The van der Waals surface area contributed by atoms with E-state index in [0.717, 1.165) is 18.1 Å². The summed E-state index contributed by atoms with van der Waals surface area (Å²) in [7, 11) is 1.11. The van der Waals surface area contributed by atoms with Gasteiger partial charge in [0.15, 0.2) is 24.1 Å². The predicted molar refractivity (Wildman–Crippen MR) is 119 cm³/mol. The summed E-state index contributed by atoms with van der Waals surface area (Å²) in [4.78, 5) is 32.0. The van der Waals surface area contributed by atoms with Crippen LogP contribution in [0.25, 0.3) is 0 Å². The average Bonchev–Trinajstić information content (AvgIpc) is 2.83. The number of aliphatic hydroxyl groups is 1. The molecule has 10 nitrogen and oxygen atoms in total. The molecule has 0 aliphatic carbocycles. The Bertz CT molecular complexity index is 1160. The molecule has 0 aliphatic heterocycles. The largest absolute Gasteiger partial charge is 0.467 e. The number of hydrogen-bond donors (Lipinski definition) is 2. The van der Waals surface area contributed by atoms with Gasteiger partial charge in [-0.3, -0.25) is 19.5 Å². The number of anilines is 2. The number of aliphatic hydroxyl groups excluding tert-OH is 1. The van der Waals surface area contributed by atoms with Crippen LogP contribution in [0, 0.1) is 12.7 Å². The van der Waals surface area contributed by atoms with E-state index in [1.54, 1.807) is 6.92 Å². The second-order valence-corrected chi connectivity index (χ2v) is 7.28. The van der Waals surface area contributed by atoms with Crippen LogP contribution in [-0.4, -0.2) is 71.1 Å². The maximum Gasteiger partial charge on any atom is 0.422 e. The number of nitrogens with zero attached hydrogens (tertiary/aromatic N) is 5. The monoisotopic (exact) mass is 536 g/mol. The Hall–Kier alpha value is -3.95. The smallest absolute Gasteiger partial charge is 0.422 e. The molecule has 202 valence electrons. The Morgan fingerprint density at radius 2 is 2.03 bits per heavy atom. The van der Waals surface area contributed by atoms with E-state index in [-0.39, 0.29) is 17.9 Å². The van der Waals surface area contributed by atoms with Gasteiger partial charge in [0.1, 0.15) is 17.9 Å². The molecule has 37 heavy (non-hydrogen) atoms. The topological polar surface area (TPSA) is 120 Å². The van der Waals surface area contributed by atoms with Gasteiger partial charge < -0.3 is 15.2 Å². The molecule has 2 aromatic rings. The highest BCUT2D eigenvalue weighted by Crippen LogP contribution is 2.31. The van der Waals surface area contributed by atoms with Crippen molar-refractivity contribution in [3.63, 3.8) is 0 Å². The van der Waals surface area contributed by atoms with Gasteiger partial charge in [-0.2, -0.15) is 23.3 Å². The second kappa shape index (κ2) is 12.3. The molecule has 0 aromatic carbocycles. The number of nitrogens with one attached hydrogen (secondary N) is 1. The molecule has 0 saturated carbocycles. The highest BCUT2D eigenvalue weighted by atomic mass is 19.4. The van der Waals surface area contributed by atoms with Gasteiger partial charge in [0.25, 0.3) is 12.3 Å². The SMILES string of the molecule is CCN(C=O)/C(CO)=N\N(C)c1nc(OCC(F)(F)F)c(C(=O)Nc2c(C)ccnc2C(F)F)cc1F. The molecule has 0 unspecified atom stereocenters. The van der Waals surface area contributed by atoms with Crippen LogP contribution < -0.4 is 15.1 Å². The van der Waals surface area contributed by atoms with E-state index in [2.05, 4.69) is 25.1 Å². The van der Waals surface area contributed by atoms with Crippen LogP contribution in [0.2, 0.25) is 0 Å². The van der Waals surface area contributed by atoms with Crippen molar-refractivity contribution in [2.45, 2.75) is 26.4 Å². The Morgan fingerprint density at radius 3 is 2.57 bits per heavy atom. The molecule has 2 heterocycles. The highest BCUT2D eigenvalue weighted by molar-refractivity contribution is 6.06. The van der Waals surface area contributed by atoms with E-state index < -0.39 is 66.2 Å². The van der Waals surface area contributed by atoms with Crippen LogP contribution >= 0.6 is 0 Å². The zero-order valence-electron chi connectivity index (χ0n) is 19.7. The summed E-state index contributed by atoms with van der Waals surface area (Å²) < 4.78 is 84.7. The maximum atomic E-state index is 15.0. The number of aryl methyl sites for hydroxylation is 1. The lowest BCUT2D eigenvalue weighted by molar-refractivity contribution is -0.154. The Labute approximate surface area is 206 Å². The quantitative estimate of drug-likeness (QED) is 0.157. The fraction of sp³-hybridized carbons (Fsp3) is 0.381. The maximum absolute atomic E-state index is 15.0. The van der Waals surface area contributed by atoms with E-state index in [1.807, 2.05) is 0 Å². The molecule has 0 aliphatic rings. The van der Waals surface area contributed by atoms with E-state index in [0.29, 0.717) is 17.5 Å². The number of ether oxygens (including phenoxy) is 1. The Morgan fingerprint density at radius 1 is 1.35 bits per heavy atom. The molecule has 2 amide bonds. The number of rotatable bonds is 10.